The molecule has 1 amide bonds. The second-order valence-electron chi connectivity index (χ2n) is 3.07. The summed E-state index contributed by atoms with van der Waals surface area (Å²) >= 11 is 2.84. The first kappa shape index (κ1) is 12.1. The summed E-state index contributed by atoms with van der Waals surface area (Å²) in [6.07, 6.45) is 0. The van der Waals surface area contributed by atoms with Gasteiger partial charge in [0.05, 0.1) is 10.0 Å². The molecule has 15 heavy (non-hydrogen) atoms. The van der Waals surface area contributed by atoms with E-state index >= 15 is 0 Å². The fourth-order valence-electron chi connectivity index (χ4n) is 1.04. The van der Waals surface area contributed by atoms with Crippen LogP contribution in [0.5, 0.6) is 0 Å². The highest BCUT2D eigenvalue weighted by atomic mass is 79.9. The zero-order chi connectivity index (χ0) is 11.6. The third kappa shape index (κ3) is 2.53. The lowest BCUT2D eigenvalue weighted by Gasteiger charge is -2.15. The Bertz CT molecular complexity index is 395. The van der Waals surface area contributed by atoms with Gasteiger partial charge in [-0.1, -0.05) is 0 Å². The number of rotatable bonds is 2. The van der Waals surface area contributed by atoms with Crippen molar-refractivity contribution in [1.82, 2.24) is 4.90 Å². The van der Waals surface area contributed by atoms with E-state index in [1.165, 1.54) is 11.9 Å². The van der Waals surface area contributed by atoms with Crippen LogP contribution in [0, 0.1) is 11.6 Å². The van der Waals surface area contributed by atoms with Crippen molar-refractivity contribution in [2.45, 2.75) is 6.92 Å². The number of carbonyl (C=O) groups is 1. The molecule has 0 saturated carbocycles. The molecule has 0 aliphatic heterocycles. The zero-order valence-electron chi connectivity index (χ0n) is 8.35. The summed E-state index contributed by atoms with van der Waals surface area (Å²) in [6, 6.07) is 1.85. The molecule has 0 heterocycles. The first-order valence-electron chi connectivity index (χ1n) is 4.37. The van der Waals surface area contributed by atoms with Gasteiger partial charge in [0.2, 0.25) is 0 Å². The first-order valence-corrected chi connectivity index (χ1v) is 5.16. The molecule has 5 heteroatoms. The highest BCUT2D eigenvalue weighted by molar-refractivity contribution is 9.10. The van der Waals surface area contributed by atoms with Gasteiger partial charge in [-0.05, 0) is 35.0 Å². The maximum absolute atomic E-state index is 13.3. The normalized spacial score (nSPS) is 10.2. The van der Waals surface area contributed by atoms with Crippen molar-refractivity contribution in [3.63, 3.8) is 0 Å². The van der Waals surface area contributed by atoms with Crippen molar-refractivity contribution >= 4 is 21.8 Å². The summed E-state index contributed by atoms with van der Waals surface area (Å²) < 4.78 is 26.4. The van der Waals surface area contributed by atoms with Gasteiger partial charge in [-0.25, -0.2) is 8.78 Å². The number of halogens is 3. The topological polar surface area (TPSA) is 20.3 Å². The molecule has 0 spiro atoms. The predicted octanol–water partition coefficient (Wildman–Crippen LogP) is 2.82. The molecule has 1 rings (SSSR count). The van der Waals surface area contributed by atoms with Crippen molar-refractivity contribution < 1.29 is 13.6 Å². The van der Waals surface area contributed by atoms with Crippen molar-refractivity contribution in [2.75, 3.05) is 13.6 Å². The SMILES string of the molecule is CCN(C)C(=O)c1cc(F)c(Br)cc1F. The maximum Gasteiger partial charge on any atom is 0.256 e. The third-order valence-electron chi connectivity index (χ3n) is 2.06. The number of benzene rings is 1. The van der Waals surface area contributed by atoms with Crippen LogP contribution < -0.4 is 0 Å². The Labute approximate surface area is 95.0 Å². The van der Waals surface area contributed by atoms with E-state index in [1.807, 2.05) is 0 Å². The molecule has 82 valence electrons. The largest absolute Gasteiger partial charge is 0.342 e. The highest BCUT2D eigenvalue weighted by Crippen LogP contribution is 2.20. The van der Waals surface area contributed by atoms with E-state index in [9.17, 15) is 13.6 Å². The maximum atomic E-state index is 13.3. The van der Waals surface area contributed by atoms with Crippen LogP contribution in [0.4, 0.5) is 8.78 Å². The standard InChI is InChI=1S/C10H10BrF2NO/c1-3-14(2)10(15)6-4-9(13)7(11)5-8(6)12/h4-5H,3H2,1-2H3. The minimum Gasteiger partial charge on any atom is -0.342 e. The first-order chi connectivity index (χ1) is 6.97. The van der Waals surface area contributed by atoms with Crippen LogP contribution in [0.15, 0.2) is 16.6 Å². The van der Waals surface area contributed by atoms with Crippen molar-refractivity contribution in [2.24, 2.45) is 0 Å². The molecule has 0 saturated heterocycles. The van der Waals surface area contributed by atoms with Crippen molar-refractivity contribution in [3.05, 3.63) is 33.8 Å². The summed E-state index contributed by atoms with van der Waals surface area (Å²) in [5.74, 6) is -1.90. The number of hydrogen-bond donors (Lipinski definition) is 0. The molecule has 0 atom stereocenters. The van der Waals surface area contributed by atoms with Gasteiger partial charge in [-0.2, -0.15) is 0 Å². The molecular weight excluding hydrogens is 268 g/mol. The van der Waals surface area contributed by atoms with Crippen LogP contribution in [-0.2, 0) is 0 Å². The van der Waals surface area contributed by atoms with Gasteiger partial charge < -0.3 is 4.90 Å². The second-order valence-corrected chi connectivity index (χ2v) is 3.92. The average molecular weight is 278 g/mol. The quantitative estimate of drug-likeness (QED) is 0.762. The fraction of sp³-hybridized carbons (Fsp3) is 0.300. The van der Waals surface area contributed by atoms with Gasteiger partial charge in [-0.15, -0.1) is 0 Å². The van der Waals surface area contributed by atoms with Gasteiger partial charge >= 0.3 is 0 Å². The Morgan fingerprint density at radius 2 is 2.00 bits per heavy atom. The number of nitrogens with zero attached hydrogens (tertiary/aromatic N) is 1. The summed E-state index contributed by atoms with van der Waals surface area (Å²) in [7, 11) is 1.53. The molecule has 0 fully saturated rings. The summed E-state index contributed by atoms with van der Waals surface area (Å²) in [5, 5.41) is 0. The van der Waals surface area contributed by atoms with Crippen LogP contribution in [0.25, 0.3) is 0 Å². The summed E-state index contributed by atoms with van der Waals surface area (Å²) in [6.45, 7) is 2.20. The second kappa shape index (κ2) is 4.70. The molecular formula is C10H10BrF2NO. The fourth-order valence-corrected chi connectivity index (χ4v) is 1.35. The van der Waals surface area contributed by atoms with Crippen LogP contribution >= 0.6 is 15.9 Å². The van der Waals surface area contributed by atoms with E-state index < -0.39 is 17.5 Å². The Morgan fingerprint density at radius 1 is 1.40 bits per heavy atom. The zero-order valence-corrected chi connectivity index (χ0v) is 9.94. The van der Waals surface area contributed by atoms with E-state index in [0.29, 0.717) is 6.54 Å². The minimum absolute atomic E-state index is 0.00991. The molecule has 1 aromatic rings. The number of hydrogen-bond acceptors (Lipinski definition) is 1. The lowest BCUT2D eigenvalue weighted by atomic mass is 10.2. The van der Waals surface area contributed by atoms with Gasteiger partial charge in [0, 0.05) is 13.6 Å². The lowest BCUT2D eigenvalue weighted by molar-refractivity contribution is 0.0797. The molecule has 2 nitrogen and oxygen atoms in total. The Morgan fingerprint density at radius 3 is 2.53 bits per heavy atom. The molecule has 0 unspecified atom stereocenters. The van der Waals surface area contributed by atoms with Crippen LogP contribution in [0.3, 0.4) is 0 Å². The van der Waals surface area contributed by atoms with E-state index in [4.69, 9.17) is 0 Å². The predicted molar refractivity (Wildman–Crippen MR) is 56.7 cm³/mol. The van der Waals surface area contributed by atoms with Crippen LogP contribution in [-0.4, -0.2) is 24.4 Å². The molecule has 0 aliphatic rings. The van der Waals surface area contributed by atoms with E-state index in [1.54, 1.807) is 6.92 Å². The van der Waals surface area contributed by atoms with Crippen LogP contribution in [0.1, 0.15) is 17.3 Å². The molecule has 1 aromatic carbocycles. The van der Waals surface area contributed by atoms with Gasteiger partial charge in [0.1, 0.15) is 11.6 Å². The smallest absolute Gasteiger partial charge is 0.256 e. The average Bonchev–Trinajstić information content (AvgIpc) is 2.21. The monoisotopic (exact) mass is 277 g/mol. The number of amides is 1. The Balaban J connectivity index is 3.15. The van der Waals surface area contributed by atoms with Crippen molar-refractivity contribution in [3.8, 4) is 0 Å². The van der Waals surface area contributed by atoms with Crippen LogP contribution in [0.2, 0.25) is 0 Å². The van der Waals surface area contributed by atoms with E-state index in [2.05, 4.69) is 15.9 Å². The molecule has 0 bridgehead atoms. The van der Waals surface area contributed by atoms with Gasteiger partial charge in [-0.3, -0.25) is 4.79 Å². The van der Waals surface area contributed by atoms with Crippen molar-refractivity contribution in [1.29, 1.82) is 0 Å². The molecule has 0 N–H and O–H groups in total. The summed E-state index contributed by atoms with van der Waals surface area (Å²) in [4.78, 5) is 12.9. The molecule has 0 aromatic heterocycles. The number of carbonyl (C=O) groups excluding carboxylic acids is 1. The molecule has 0 radical (unpaired) electrons. The van der Waals surface area contributed by atoms with Gasteiger partial charge in [0.25, 0.3) is 5.91 Å². The minimum atomic E-state index is -0.728. The van der Waals surface area contributed by atoms with E-state index in [-0.39, 0.29) is 10.0 Å². The van der Waals surface area contributed by atoms with E-state index in [0.717, 1.165) is 12.1 Å². The van der Waals surface area contributed by atoms with Gasteiger partial charge in [0.15, 0.2) is 0 Å². The highest BCUT2D eigenvalue weighted by Gasteiger charge is 2.17. The summed E-state index contributed by atoms with van der Waals surface area (Å²) in [5.41, 5.74) is -0.250. The Hall–Kier alpha value is -0.970. The third-order valence-corrected chi connectivity index (χ3v) is 2.67. The Kier molecular flexibility index (Phi) is 3.79. The lowest BCUT2D eigenvalue weighted by Crippen LogP contribution is -2.27. The molecule has 0 aliphatic carbocycles.